The molecular weight excluding hydrogens is 364 g/mol. The van der Waals surface area contributed by atoms with Gasteiger partial charge in [-0.2, -0.15) is 0 Å². The van der Waals surface area contributed by atoms with Crippen LogP contribution >= 0.6 is 0 Å². The summed E-state index contributed by atoms with van der Waals surface area (Å²) in [5.41, 5.74) is 1.20. The van der Waals surface area contributed by atoms with E-state index < -0.39 is 0 Å². The number of hydrogen-bond donors (Lipinski definition) is 0. The zero-order valence-electron chi connectivity index (χ0n) is 17.8. The van der Waals surface area contributed by atoms with Crippen molar-refractivity contribution >= 4 is 21.5 Å². The standard InChI is InChI=1S/C25H32O4/c1-25(18-28-14-12-26-2,19-29-15-13-27-3)17-24-22-10-6-4-8-20(22)16-21-9-5-7-11-23(21)24/h4-11,16H,12-15,17-19H2,1-3H3. The Labute approximate surface area is 173 Å². The molecule has 3 aromatic rings. The lowest BCUT2D eigenvalue weighted by molar-refractivity contribution is -0.0329. The summed E-state index contributed by atoms with van der Waals surface area (Å²) in [6, 6.07) is 19.5. The molecule has 156 valence electrons. The first kappa shape index (κ1) is 21.7. The third-order valence-electron chi connectivity index (χ3n) is 5.25. The number of benzene rings is 3. The van der Waals surface area contributed by atoms with Crippen molar-refractivity contribution in [3.05, 3.63) is 60.2 Å². The minimum absolute atomic E-state index is 0.158. The second-order valence-corrected chi connectivity index (χ2v) is 7.88. The molecule has 0 radical (unpaired) electrons. The molecule has 0 fully saturated rings. The van der Waals surface area contributed by atoms with Gasteiger partial charge in [-0.05, 0) is 39.6 Å². The zero-order chi connectivity index (χ0) is 20.5. The summed E-state index contributed by atoms with van der Waals surface area (Å²) in [7, 11) is 3.39. The van der Waals surface area contributed by atoms with Crippen LogP contribution in [0.25, 0.3) is 21.5 Å². The minimum atomic E-state index is -0.158. The van der Waals surface area contributed by atoms with Crippen molar-refractivity contribution in [2.75, 3.05) is 53.9 Å². The molecule has 0 saturated carbocycles. The minimum Gasteiger partial charge on any atom is -0.382 e. The maximum Gasteiger partial charge on any atom is 0.0700 e. The van der Waals surface area contributed by atoms with Gasteiger partial charge < -0.3 is 18.9 Å². The van der Waals surface area contributed by atoms with Crippen LogP contribution in [0.3, 0.4) is 0 Å². The van der Waals surface area contributed by atoms with Crippen LogP contribution in [-0.4, -0.2) is 53.9 Å². The molecule has 0 heterocycles. The molecule has 0 N–H and O–H groups in total. The Morgan fingerprint density at radius 2 is 1.17 bits per heavy atom. The van der Waals surface area contributed by atoms with Crippen LogP contribution in [0.4, 0.5) is 0 Å². The van der Waals surface area contributed by atoms with Gasteiger partial charge >= 0.3 is 0 Å². The highest BCUT2D eigenvalue weighted by molar-refractivity contribution is 6.02. The lowest BCUT2D eigenvalue weighted by Crippen LogP contribution is -2.33. The van der Waals surface area contributed by atoms with Crippen molar-refractivity contribution in [1.29, 1.82) is 0 Å². The molecule has 0 atom stereocenters. The van der Waals surface area contributed by atoms with Gasteiger partial charge in [-0.1, -0.05) is 55.5 Å². The number of ether oxygens (including phenoxy) is 4. The van der Waals surface area contributed by atoms with Crippen LogP contribution in [0.2, 0.25) is 0 Å². The van der Waals surface area contributed by atoms with Crippen molar-refractivity contribution in [3.8, 4) is 0 Å². The molecule has 29 heavy (non-hydrogen) atoms. The smallest absolute Gasteiger partial charge is 0.0700 e. The summed E-state index contributed by atoms with van der Waals surface area (Å²) in [6.07, 6.45) is 0.870. The van der Waals surface area contributed by atoms with E-state index in [2.05, 4.69) is 61.5 Å². The quantitative estimate of drug-likeness (QED) is 0.323. The molecule has 0 bridgehead atoms. The average Bonchev–Trinajstić information content (AvgIpc) is 2.74. The third-order valence-corrected chi connectivity index (χ3v) is 5.25. The SMILES string of the molecule is COCCOCC(C)(COCCOC)Cc1c2ccccc2cc2ccccc12. The van der Waals surface area contributed by atoms with Gasteiger partial charge in [0.1, 0.15) is 0 Å². The molecule has 3 aromatic carbocycles. The predicted molar refractivity (Wildman–Crippen MR) is 119 cm³/mol. The van der Waals surface area contributed by atoms with Gasteiger partial charge in [0.25, 0.3) is 0 Å². The molecule has 0 aromatic heterocycles. The van der Waals surface area contributed by atoms with Gasteiger partial charge in [0.15, 0.2) is 0 Å². The number of rotatable bonds is 12. The Kier molecular flexibility index (Phi) is 8.01. The molecule has 0 amide bonds. The van der Waals surface area contributed by atoms with E-state index in [1.165, 1.54) is 27.1 Å². The van der Waals surface area contributed by atoms with Gasteiger partial charge in [0.05, 0.1) is 39.6 Å². The highest BCUT2D eigenvalue weighted by Crippen LogP contribution is 2.34. The fraction of sp³-hybridized carbons (Fsp3) is 0.440. The maximum absolute atomic E-state index is 5.96. The van der Waals surface area contributed by atoms with E-state index in [9.17, 15) is 0 Å². The van der Waals surface area contributed by atoms with Gasteiger partial charge in [0, 0.05) is 19.6 Å². The van der Waals surface area contributed by atoms with Crippen LogP contribution in [0.1, 0.15) is 12.5 Å². The van der Waals surface area contributed by atoms with E-state index >= 15 is 0 Å². The van der Waals surface area contributed by atoms with Gasteiger partial charge in [0.2, 0.25) is 0 Å². The summed E-state index contributed by atoms with van der Waals surface area (Å²) >= 11 is 0. The van der Waals surface area contributed by atoms with Gasteiger partial charge in [-0.3, -0.25) is 0 Å². The first-order chi connectivity index (χ1) is 14.2. The van der Waals surface area contributed by atoms with E-state index in [1.807, 2.05) is 0 Å². The van der Waals surface area contributed by atoms with Crippen LogP contribution < -0.4 is 0 Å². The fourth-order valence-corrected chi connectivity index (χ4v) is 3.79. The maximum atomic E-state index is 5.96. The van der Waals surface area contributed by atoms with E-state index in [1.54, 1.807) is 14.2 Å². The highest BCUT2D eigenvalue weighted by atomic mass is 16.5. The molecule has 0 spiro atoms. The number of fused-ring (bicyclic) bond motifs is 2. The molecule has 3 rings (SSSR count). The van der Waals surface area contributed by atoms with Gasteiger partial charge in [-0.15, -0.1) is 0 Å². The summed E-state index contributed by atoms with van der Waals surface area (Å²) in [4.78, 5) is 0. The normalized spacial score (nSPS) is 12.1. The van der Waals surface area contributed by atoms with E-state index in [0.29, 0.717) is 39.6 Å². The Balaban J connectivity index is 1.92. The lowest BCUT2D eigenvalue weighted by Gasteiger charge is -2.30. The Morgan fingerprint density at radius 3 is 1.66 bits per heavy atom. The van der Waals surface area contributed by atoms with Crippen molar-refractivity contribution in [2.45, 2.75) is 13.3 Å². The Morgan fingerprint density at radius 1 is 0.690 bits per heavy atom. The van der Waals surface area contributed by atoms with Crippen molar-refractivity contribution in [1.82, 2.24) is 0 Å². The molecule has 0 aliphatic heterocycles. The second kappa shape index (κ2) is 10.7. The largest absolute Gasteiger partial charge is 0.382 e. The van der Waals surface area contributed by atoms with Crippen LogP contribution in [0.5, 0.6) is 0 Å². The van der Waals surface area contributed by atoms with Crippen LogP contribution in [0.15, 0.2) is 54.6 Å². The predicted octanol–water partition coefficient (Wildman–Crippen LogP) is 4.87. The van der Waals surface area contributed by atoms with E-state index in [-0.39, 0.29) is 5.41 Å². The van der Waals surface area contributed by atoms with E-state index in [4.69, 9.17) is 18.9 Å². The third kappa shape index (κ3) is 5.77. The van der Waals surface area contributed by atoms with Gasteiger partial charge in [-0.25, -0.2) is 0 Å². The van der Waals surface area contributed by atoms with E-state index in [0.717, 1.165) is 6.42 Å². The number of methoxy groups -OCH3 is 2. The molecule has 0 saturated heterocycles. The second-order valence-electron chi connectivity index (χ2n) is 7.88. The van der Waals surface area contributed by atoms with Crippen molar-refractivity contribution in [2.24, 2.45) is 5.41 Å². The first-order valence-corrected chi connectivity index (χ1v) is 10.2. The fourth-order valence-electron chi connectivity index (χ4n) is 3.79. The lowest BCUT2D eigenvalue weighted by atomic mass is 9.81. The summed E-state index contributed by atoms with van der Waals surface area (Å²) < 4.78 is 22.2. The molecule has 0 aliphatic carbocycles. The Hall–Kier alpha value is -1.98. The first-order valence-electron chi connectivity index (χ1n) is 10.2. The summed E-state index contributed by atoms with van der Waals surface area (Å²) in [6.45, 7) is 5.82. The summed E-state index contributed by atoms with van der Waals surface area (Å²) in [5, 5.41) is 5.13. The number of hydrogen-bond acceptors (Lipinski definition) is 4. The molecule has 4 heteroatoms. The Bertz CT molecular complexity index is 840. The van der Waals surface area contributed by atoms with Crippen LogP contribution in [0, 0.1) is 5.41 Å². The highest BCUT2D eigenvalue weighted by Gasteiger charge is 2.27. The molecule has 4 nitrogen and oxygen atoms in total. The van der Waals surface area contributed by atoms with Crippen molar-refractivity contribution < 1.29 is 18.9 Å². The molecular formula is C25H32O4. The van der Waals surface area contributed by atoms with Crippen LogP contribution in [-0.2, 0) is 25.4 Å². The molecule has 0 unspecified atom stereocenters. The topological polar surface area (TPSA) is 36.9 Å². The monoisotopic (exact) mass is 396 g/mol. The summed E-state index contributed by atoms with van der Waals surface area (Å²) in [5.74, 6) is 0. The average molecular weight is 397 g/mol. The zero-order valence-corrected chi connectivity index (χ0v) is 17.8. The molecule has 0 aliphatic rings. The van der Waals surface area contributed by atoms with Crippen molar-refractivity contribution in [3.63, 3.8) is 0 Å².